The van der Waals surface area contributed by atoms with Gasteiger partial charge in [-0.1, -0.05) is 0 Å². The molecule has 114 valence electrons. The molecule has 2 aromatic rings. The fourth-order valence-electron chi connectivity index (χ4n) is 2.08. The van der Waals surface area contributed by atoms with E-state index in [0.717, 1.165) is 0 Å². The first-order valence-corrected chi connectivity index (χ1v) is 6.37. The molecule has 0 spiro atoms. The number of aryl methyl sites for hydroxylation is 1. The van der Waals surface area contributed by atoms with Gasteiger partial charge in [-0.25, -0.2) is 9.37 Å². The lowest BCUT2D eigenvalue weighted by Crippen LogP contribution is -2.12. The van der Waals surface area contributed by atoms with Crippen molar-refractivity contribution in [2.24, 2.45) is 0 Å². The zero-order chi connectivity index (χ0) is 15.6. The van der Waals surface area contributed by atoms with Crippen LogP contribution in [0.3, 0.4) is 0 Å². The Hall–Kier alpha value is -1.89. The number of rotatable bonds is 4. The van der Waals surface area contributed by atoms with E-state index < -0.39 is 23.7 Å². The van der Waals surface area contributed by atoms with Gasteiger partial charge in [0.2, 0.25) is 0 Å². The van der Waals surface area contributed by atoms with E-state index in [1.165, 1.54) is 6.20 Å². The average molecular weight is 302 g/mol. The third-order valence-corrected chi connectivity index (χ3v) is 3.20. The Morgan fingerprint density at radius 3 is 2.67 bits per heavy atom. The predicted molar refractivity (Wildman–Crippen MR) is 68.0 cm³/mol. The minimum atomic E-state index is -4.58. The minimum absolute atomic E-state index is 0.0565. The molecule has 1 N–H and O–H groups in total. The number of halogens is 4. The van der Waals surface area contributed by atoms with Crippen molar-refractivity contribution >= 4 is 0 Å². The largest absolute Gasteiger partial charge is 0.416 e. The van der Waals surface area contributed by atoms with Crippen LogP contribution in [-0.2, 0) is 19.1 Å². The second-order valence-electron chi connectivity index (χ2n) is 4.58. The molecular formula is C14H14F4N2O. The molecule has 21 heavy (non-hydrogen) atoms. The van der Waals surface area contributed by atoms with Crippen molar-refractivity contribution in [1.82, 2.24) is 9.55 Å². The predicted octanol–water partition coefficient (Wildman–Crippen LogP) is 3.34. The molecule has 0 radical (unpaired) electrons. The van der Waals surface area contributed by atoms with Crippen molar-refractivity contribution in [2.45, 2.75) is 32.2 Å². The molecule has 0 aliphatic heterocycles. The lowest BCUT2D eigenvalue weighted by atomic mass is 10.0. The van der Waals surface area contributed by atoms with Crippen molar-refractivity contribution < 1.29 is 22.7 Å². The molecule has 2 rings (SSSR count). The van der Waals surface area contributed by atoms with Crippen LogP contribution >= 0.6 is 0 Å². The highest BCUT2D eigenvalue weighted by Crippen LogP contribution is 2.32. The molecule has 0 fully saturated rings. The van der Waals surface area contributed by atoms with E-state index in [1.54, 1.807) is 10.8 Å². The molecule has 1 unspecified atom stereocenters. The summed E-state index contributed by atoms with van der Waals surface area (Å²) >= 11 is 0. The molecule has 0 aliphatic rings. The number of alkyl halides is 3. The summed E-state index contributed by atoms with van der Waals surface area (Å²) in [5, 5.41) is 10.0. The maximum Gasteiger partial charge on any atom is 0.416 e. The Kier molecular flexibility index (Phi) is 4.32. The number of aromatic nitrogens is 2. The number of hydrogen-bond acceptors (Lipinski definition) is 2. The van der Waals surface area contributed by atoms with Gasteiger partial charge in [-0.2, -0.15) is 13.2 Å². The molecule has 0 saturated carbocycles. The molecule has 1 atom stereocenters. The molecule has 0 bridgehead atoms. The first-order valence-electron chi connectivity index (χ1n) is 6.37. The van der Waals surface area contributed by atoms with E-state index in [0.29, 0.717) is 30.6 Å². The van der Waals surface area contributed by atoms with Crippen molar-refractivity contribution in [2.75, 3.05) is 0 Å². The third kappa shape index (κ3) is 3.41. The maximum atomic E-state index is 13.7. The lowest BCUT2D eigenvalue weighted by Gasteiger charge is -2.15. The Balaban J connectivity index is 2.28. The van der Waals surface area contributed by atoms with E-state index in [2.05, 4.69) is 4.98 Å². The number of hydrogen-bond donors (Lipinski definition) is 1. The van der Waals surface area contributed by atoms with Crippen LogP contribution in [0.4, 0.5) is 17.6 Å². The van der Waals surface area contributed by atoms with Gasteiger partial charge < -0.3 is 9.67 Å². The first-order chi connectivity index (χ1) is 9.82. The van der Waals surface area contributed by atoms with E-state index >= 15 is 0 Å². The molecule has 1 heterocycles. The quantitative estimate of drug-likeness (QED) is 0.880. The van der Waals surface area contributed by atoms with Crippen LogP contribution in [0, 0.1) is 5.82 Å². The number of imidazole rings is 1. The third-order valence-electron chi connectivity index (χ3n) is 3.20. The van der Waals surface area contributed by atoms with Crippen LogP contribution in [0.15, 0.2) is 30.6 Å². The van der Waals surface area contributed by atoms with Gasteiger partial charge in [-0.15, -0.1) is 0 Å². The summed E-state index contributed by atoms with van der Waals surface area (Å²) < 4.78 is 53.3. The zero-order valence-electron chi connectivity index (χ0n) is 11.2. The smallest absolute Gasteiger partial charge is 0.388 e. The fraction of sp³-hybridized carbons (Fsp3) is 0.357. The summed E-state index contributed by atoms with van der Waals surface area (Å²) in [5.74, 6) is -0.382. The Morgan fingerprint density at radius 1 is 1.33 bits per heavy atom. The maximum absolute atomic E-state index is 13.7. The van der Waals surface area contributed by atoms with Gasteiger partial charge in [0.05, 0.1) is 11.7 Å². The highest BCUT2D eigenvalue weighted by atomic mass is 19.4. The van der Waals surface area contributed by atoms with Gasteiger partial charge >= 0.3 is 6.18 Å². The molecule has 1 aromatic carbocycles. The van der Waals surface area contributed by atoms with Crippen LogP contribution in [0.2, 0.25) is 0 Å². The van der Waals surface area contributed by atoms with Crippen LogP contribution in [-0.4, -0.2) is 14.7 Å². The van der Waals surface area contributed by atoms with E-state index in [-0.39, 0.29) is 12.0 Å². The number of nitrogens with zero attached hydrogens (tertiary/aromatic N) is 2. The molecule has 3 nitrogen and oxygen atoms in total. The number of aliphatic hydroxyl groups is 1. The molecule has 0 amide bonds. The highest BCUT2D eigenvalue weighted by molar-refractivity contribution is 5.29. The van der Waals surface area contributed by atoms with Gasteiger partial charge in [-0.05, 0) is 25.1 Å². The van der Waals surface area contributed by atoms with Gasteiger partial charge in [0, 0.05) is 30.9 Å². The second kappa shape index (κ2) is 5.85. The van der Waals surface area contributed by atoms with Gasteiger partial charge in [0.25, 0.3) is 0 Å². The van der Waals surface area contributed by atoms with Crippen molar-refractivity contribution in [3.63, 3.8) is 0 Å². The lowest BCUT2D eigenvalue weighted by molar-refractivity contribution is -0.137. The van der Waals surface area contributed by atoms with Gasteiger partial charge in [-0.3, -0.25) is 0 Å². The average Bonchev–Trinajstić information content (AvgIpc) is 2.84. The topological polar surface area (TPSA) is 38.0 Å². The number of benzene rings is 1. The fourth-order valence-corrected chi connectivity index (χ4v) is 2.08. The standard InChI is InChI=1S/C14H14F4N2O/c1-2-20-6-5-19-13(20)8-12(21)10-7-9(14(16,17)18)3-4-11(10)15/h3-7,12,21H,2,8H2,1H3. The van der Waals surface area contributed by atoms with Crippen molar-refractivity contribution in [3.05, 3.63) is 53.4 Å². The Bertz CT molecular complexity index is 622. The summed E-state index contributed by atoms with van der Waals surface area (Å²) in [7, 11) is 0. The van der Waals surface area contributed by atoms with E-state index in [4.69, 9.17) is 0 Å². The van der Waals surface area contributed by atoms with Crippen LogP contribution in [0.1, 0.15) is 30.0 Å². The molecule has 0 saturated heterocycles. The van der Waals surface area contributed by atoms with Gasteiger partial charge in [0.15, 0.2) is 0 Å². The summed E-state index contributed by atoms with van der Waals surface area (Å²) in [6, 6.07) is 2.01. The SMILES string of the molecule is CCn1ccnc1CC(O)c1cc(C(F)(F)F)ccc1F. The van der Waals surface area contributed by atoms with Crippen LogP contribution < -0.4 is 0 Å². The molecule has 1 aromatic heterocycles. The Labute approximate surface area is 118 Å². The summed E-state index contributed by atoms with van der Waals surface area (Å²) in [5.41, 5.74) is -1.37. The molecule has 0 aliphatic carbocycles. The first kappa shape index (κ1) is 15.5. The second-order valence-corrected chi connectivity index (χ2v) is 4.58. The van der Waals surface area contributed by atoms with Crippen LogP contribution in [0.5, 0.6) is 0 Å². The molecular weight excluding hydrogens is 288 g/mol. The zero-order valence-corrected chi connectivity index (χ0v) is 11.2. The van der Waals surface area contributed by atoms with Gasteiger partial charge in [0.1, 0.15) is 11.6 Å². The van der Waals surface area contributed by atoms with Crippen molar-refractivity contribution in [1.29, 1.82) is 0 Å². The minimum Gasteiger partial charge on any atom is -0.388 e. The summed E-state index contributed by atoms with van der Waals surface area (Å²) in [6.07, 6.45) is -2.82. The Morgan fingerprint density at radius 2 is 2.05 bits per heavy atom. The normalized spacial score (nSPS) is 13.4. The highest BCUT2D eigenvalue weighted by Gasteiger charge is 2.32. The summed E-state index contributed by atoms with van der Waals surface area (Å²) in [6.45, 7) is 2.47. The van der Waals surface area contributed by atoms with Crippen LogP contribution in [0.25, 0.3) is 0 Å². The van der Waals surface area contributed by atoms with E-state index in [1.807, 2.05) is 6.92 Å². The summed E-state index contributed by atoms with van der Waals surface area (Å²) in [4.78, 5) is 4.01. The van der Waals surface area contributed by atoms with Crippen molar-refractivity contribution in [3.8, 4) is 0 Å². The van der Waals surface area contributed by atoms with E-state index in [9.17, 15) is 22.7 Å². The molecule has 7 heteroatoms. The monoisotopic (exact) mass is 302 g/mol. The number of aliphatic hydroxyl groups excluding tert-OH is 1.